The number of para-hydroxylation sites is 1. The zero-order chi connectivity index (χ0) is 24.0. The summed E-state index contributed by atoms with van der Waals surface area (Å²) in [4.78, 5) is 28.5. The van der Waals surface area contributed by atoms with Crippen molar-refractivity contribution in [1.29, 1.82) is 0 Å². The molecule has 0 radical (unpaired) electrons. The summed E-state index contributed by atoms with van der Waals surface area (Å²) in [5, 5.41) is 11.7. The number of fused-ring (bicyclic) bond motifs is 1. The maximum absolute atomic E-state index is 13.7. The third-order valence-electron chi connectivity index (χ3n) is 6.30. The average molecular weight is 453 g/mol. The Bertz CT molecular complexity index is 1430. The van der Waals surface area contributed by atoms with Crippen LogP contribution in [0.4, 0.5) is 5.69 Å². The van der Waals surface area contributed by atoms with Crippen molar-refractivity contribution in [2.45, 2.75) is 19.9 Å². The Balaban J connectivity index is 1.66. The van der Waals surface area contributed by atoms with Gasteiger partial charge in [0.15, 0.2) is 11.5 Å². The van der Waals surface area contributed by atoms with Crippen LogP contribution < -0.4 is 9.64 Å². The van der Waals surface area contributed by atoms with Gasteiger partial charge in [0, 0.05) is 11.1 Å². The van der Waals surface area contributed by atoms with Gasteiger partial charge >= 0.3 is 0 Å². The second-order valence-electron chi connectivity index (χ2n) is 8.36. The molecule has 0 aliphatic carbocycles. The van der Waals surface area contributed by atoms with Gasteiger partial charge in [-0.25, -0.2) is 0 Å². The number of carbonyl (C=O) groups is 2. The molecular formula is C28H23NO5. The lowest BCUT2D eigenvalue weighted by atomic mass is 9.94. The van der Waals surface area contributed by atoms with Crippen LogP contribution in [0.15, 0.2) is 88.5 Å². The summed E-state index contributed by atoms with van der Waals surface area (Å²) in [7, 11) is 1.57. The number of aliphatic hydroxyl groups is 1. The maximum Gasteiger partial charge on any atom is 0.294 e. The number of hydrogen-bond donors (Lipinski definition) is 1. The number of ether oxygens (including phenoxy) is 1. The lowest BCUT2D eigenvalue weighted by Crippen LogP contribution is -2.31. The molecule has 1 aliphatic rings. The third-order valence-corrected chi connectivity index (χ3v) is 6.30. The quantitative estimate of drug-likeness (QED) is 0.384. The first kappa shape index (κ1) is 21.5. The van der Waals surface area contributed by atoms with Gasteiger partial charge in [-0.05, 0) is 66.9 Å². The first-order valence-electron chi connectivity index (χ1n) is 10.9. The van der Waals surface area contributed by atoms with Crippen LogP contribution in [0.5, 0.6) is 5.75 Å². The van der Waals surface area contributed by atoms with Crippen molar-refractivity contribution in [3.8, 4) is 5.75 Å². The molecule has 0 fully saturated rings. The number of methoxy groups -OCH3 is 1. The molecule has 6 nitrogen and oxygen atoms in total. The van der Waals surface area contributed by atoms with Crippen LogP contribution in [0.1, 0.15) is 33.3 Å². The Hall–Kier alpha value is -4.32. The molecule has 1 aromatic heterocycles. The fraction of sp³-hybridized carbons (Fsp3) is 0.143. The van der Waals surface area contributed by atoms with Crippen molar-refractivity contribution >= 4 is 28.3 Å². The number of rotatable bonds is 5. The van der Waals surface area contributed by atoms with Crippen LogP contribution in [0.25, 0.3) is 11.0 Å². The SMILES string of the molecule is COc1ccc(C2C(C(=O)c3cc4ccccc4o3)=C(O)C(=O)N2c2ccc(C)c(C)c2)cc1. The van der Waals surface area contributed by atoms with Crippen LogP contribution in [0, 0.1) is 13.8 Å². The monoisotopic (exact) mass is 453 g/mol. The largest absolute Gasteiger partial charge is 0.503 e. The predicted molar refractivity (Wildman–Crippen MR) is 129 cm³/mol. The maximum atomic E-state index is 13.7. The minimum atomic E-state index is -0.832. The van der Waals surface area contributed by atoms with Gasteiger partial charge in [0.05, 0.1) is 18.7 Å². The Morgan fingerprint density at radius 2 is 1.71 bits per heavy atom. The van der Waals surface area contributed by atoms with Gasteiger partial charge in [-0.3, -0.25) is 14.5 Å². The summed E-state index contributed by atoms with van der Waals surface area (Å²) in [5.41, 5.74) is 3.86. The molecule has 0 saturated carbocycles. The lowest BCUT2D eigenvalue weighted by Gasteiger charge is -2.27. The van der Waals surface area contributed by atoms with Crippen molar-refractivity contribution in [1.82, 2.24) is 0 Å². The van der Waals surface area contributed by atoms with E-state index in [1.165, 1.54) is 4.90 Å². The molecular weight excluding hydrogens is 430 g/mol. The van der Waals surface area contributed by atoms with Gasteiger partial charge in [0.25, 0.3) is 5.91 Å². The number of amides is 1. The topological polar surface area (TPSA) is 80.0 Å². The molecule has 2 heterocycles. The fourth-order valence-electron chi connectivity index (χ4n) is 4.31. The zero-order valence-electron chi connectivity index (χ0n) is 19.0. The average Bonchev–Trinajstić information content (AvgIpc) is 3.40. The highest BCUT2D eigenvalue weighted by Gasteiger charge is 2.45. The van der Waals surface area contributed by atoms with Crippen LogP contribution in [0.2, 0.25) is 0 Å². The fourth-order valence-corrected chi connectivity index (χ4v) is 4.31. The van der Waals surface area contributed by atoms with Gasteiger partial charge in [-0.1, -0.05) is 36.4 Å². The Morgan fingerprint density at radius 1 is 0.971 bits per heavy atom. The number of carbonyl (C=O) groups excluding carboxylic acids is 2. The molecule has 5 rings (SSSR count). The molecule has 1 unspecified atom stereocenters. The van der Waals surface area contributed by atoms with E-state index in [0.29, 0.717) is 22.6 Å². The minimum Gasteiger partial charge on any atom is -0.503 e. The smallest absolute Gasteiger partial charge is 0.294 e. The normalized spacial score (nSPS) is 15.9. The van der Waals surface area contributed by atoms with Gasteiger partial charge in [0.1, 0.15) is 11.3 Å². The van der Waals surface area contributed by atoms with Crippen LogP contribution in [-0.2, 0) is 4.79 Å². The summed E-state index contributed by atoms with van der Waals surface area (Å²) in [6.07, 6.45) is 0. The molecule has 170 valence electrons. The predicted octanol–water partition coefficient (Wildman–Crippen LogP) is 5.84. The van der Waals surface area contributed by atoms with E-state index in [4.69, 9.17) is 9.15 Å². The van der Waals surface area contributed by atoms with E-state index in [2.05, 4.69) is 0 Å². The number of benzene rings is 3. The van der Waals surface area contributed by atoms with E-state index < -0.39 is 23.5 Å². The molecule has 4 aromatic rings. The number of ketones is 1. The van der Waals surface area contributed by atoms with E-state index in [1.54, 1.807) is 43.5 Å². The number of Topliss-reactive ketones (excluding diaryl/α,β-unsaturated/α-hetero) is 1. The molecule has 1 amide bonds. The van der Waals surface area contributed by atoms with Gasteiger partial charge in [0.2, 0.25) is 5.78 Å². The lowest BCUT2D eigenvalue weighted by molar-refractivity contribution is -0.117. The second kappa shape index (κ2) is 8.23. The zero-order valence-corrected chi connectivity index (χ0v) is 19.0. The molecule has 6 heteroatoms. The third kappa shape index (κ3) is 3.44. The molecule has 0 saturated heterocycles. The molecule has 1 atom stereocenters. The number of aliphatic hydroxyl groups excluding tert-OH is 1. The summed E-state index contributed by atoms with van der Waals surface area (Å²) in [5.74, 6) is -1.04. The van der Waals surface area contributed by atoms with Crippen molar-refractivity contribution in [2.24, 2.45) is 0 Å². The number of anilines is 1. The molecule has 1 N–H and O–H groups in total. The number of furan rings is 1. The standard InChI is InChI=1S/C28H23NO5/c1-16-8-11-20(14-17(16)2)29-25(18-9-12-21(33-3)13-10-18)24(27(31)28(29)32)26(30)23-15-19-6-4-5-7-22(19)34-23/h4-15,25,31H,1-3H3. The van der Waals surface area contributed by atoms with Crippen LogP contribution in [0.3, 0.4) is 0 Å². The highest BCUT2D eigenvalue weighted by atomic mass is 16.5. The van der Waals surface area contributed by atoms with Gasteiger partial charge in [-0.15, -0.1) is 0 Å². The molecule has 3 aromatic carbocycles. The summed E-state index contributed by atoms with van der Waals surface area (Å²) >= 11 is 0. The second-order valence-corrected chi connectivity index (χ2v) is 8.36. The molecule has 0 spiro atoms. The molecule has 34 heavy (non-hydrogen) atoms. The van der Waals surface area contributed by atoms with E-state index in [9.17, 15) is 14.7 Å². The Labute approximate surface area is 196 Å². The van der Waals surface area contributed by atoms with Gasteiger partial charge < -0.3 is 14.3 Å². The van der Waals surface area contributed by atoms with Crippen molar-refractivity contribution in [3.63, 3.8) is 0 Å². The van der Waals surface area contributed by atoms with E-state index in [0.717, 1.165) is 16.5 Å². The summed E-state index contributed by atoms with van der Waals surface area (Å²) in [6, 6.07) is 20.8. The number of aryl methyl sites for hydroxylation is 2. The van der Waals surface area contributed by atoms with E-state index in [-0.39, 0.29) is 11.3 Å². The van der Waals surface area contributed by atoms with Crippen LogP contribution in [-0.4, -0.2) is 23.9 Å². The van der Waals surface area contributed by atoms with Crippen molar-refractivity contribution < 1.29 is 23.8 Å². The van der Waals surface area contributed by atoms with Crippen LogP contribution >= 0.6 is 0 Å². The van der Waals surface area contributed by atoms with Crippen molar-refractivity contribution in [3.05, 3.63) is 107 Å². The Morgan fingerprint density at radius 3 is 2.38 bits per heavy atom. The van der Waals surface area contributed by atoms with Crippen molar-refractivity contribution in [2.75, 3.05) is 12.0 Å². The molecule has 1 aliphatic heterocycles. The first-order valence-corrected chi connectivity index (χ1v) is 10.9. The number of hydrogen-bond acceptors (Lipinski definition) is 5. The summed E-state index contributed by atoms with van der Waals surface area (Å²) in [6.45, 7) is 3.94. The summed E-state index contributed by atoms with van der Waals surface area (Å²) < 4.78 is 11.0. The molecule has 0 bridgehead atoms. The first-order chi connectivity index (χ1) is 16.4. The van der Waals surface area contributed by atoms with E-state index in [1.807, 2.05) is 50.2 Å². The number of nitrogens with zero attached hydrogens (tertiary/aromatic N) is 1. The highest BCUT2D eigenvalue weighted by molar-refractivity contribution is 6.20. The minimum absolute atomic E-state index is 0.0209. The Kier molecular flexibility index (Phi) is 5.21. The van der Waals surface area contributed by atoms with Gasteiger partial charge in [-0.2, -0.15) is 0 Å². The highest BCUT2D eigenvalue weighted by Crippen LogP contribution is 2.43. The van der Waals surface area contributed by atoms with E-state index >= 15 is 0 Å².